The predicted octanol–water partition coefficient (Wildman–Crippen LogP) is 1.87. The van der Waals surface area contributed by atoms with Crippen LogP contribution in [0.2, 0.25) is 0 Å². The van der Waals surface area contributed by atoms with Crippen molar-refractivity contribution in [3.05, 3.63) is 39.9 Å². The zero-order valence-electron chi connectivity index (χ0n) is 11.6. The van der Waals surface area contributed by atoms with Crippen molar-refractivity contribution in [2.45, 2.75) is 19.8 Å². The van der Waals surface area contributed by atoms with E-state index in [0.717, 1.165) is 19.4 Å². The topological polar surface area (TPSA) is 83.7 Å². The minimum atomic E-state index is -0.492. The van der Waals surface area contributed by atoms with Gasteiger partial charge in [-0.15, -0.1) is 0 Å². The lowest BCUT2D eigenvalue weighted by Gasteiger charge is -2.20. The highest BCUT2D eigenvalue weighted by atomic mass is 16.6. The van der Waals surface area contributed by atoms with Crippen LogP contribution in [0.3, 0.4) is 0 Å². The second-order valence-electron chi connectivity index (χ2n) is 4.58. The Bertz CT molecular complexity index is 445. The molecular formula is C14H20N2O4. The van der Waals surface area contributed by atoms with Crippen LogP contribution in [0.15, 0.2) is 24.3 Å². The van der Waals surface area contributed by atoms with E-state index in [-0.39, 0.29) is 24.6 Å². The first-order valence-corrected chi connectivity index (χ1v) is 6.69. The number of hydrogen-bond acceptors (Lipinski definition) is 5. The Morgan fingerprint density at radius 3 is 2.45 bits per heavy atom. The molecule has 0 aliphatic heterocycles. The van der Waals surface area contributed by atoms with Crippen molar-refractivity contribution >= 4 is 11.5 Å². The number of rotatable bonds is 9. The first-order valence-electron chi connectivity index (χ1n) is 6.69. The monoisotopic (exact) mass is 280 g/mol. The average molecular weight is 280 g/mol. The van der Waals surface area contributed by atoms with Gasteiger partial charge in [0.1, 0.15) is 0 Å². The summed E-state index contributed by atoms with van der Waals surface area (Å²) in [5.74, 6) is -0.0931. The minimum absolute atomic E-state index is 0.0112. The molecule has 0 aliphatic carbocycles. The number of ketones is 1. The maximum absolute atomic E-state index is 12.1. The van der Waals surface area contributed by atoms with Crippen molar-refractivity contribution in [3.63, 3.8) is 0 Å². The van der Waals surface area contributed by atoms with E-state index in [1.54, 1.807) is 0 Å². The second kappa shape index (κ2) is 8.39. The normalized spacial score (nSPS) is 10.8. The van der Waals surface area contributed by atoms with Crippen molar-refractivity contribution in [2.75, 3.05) is 26.2 Å². The highest BCUT2D eigenvalue weighted by Crippen LogP contribution is 2.12. The SMILES string of the molecule is CCCCN(CCO)CC(=O)c1ccc([N+](=O)[O-])cc1. The average Bonchev–Trinajstić information content (AvgIpc) is 2.45. The van der Waals surface area contributed by atoms with Crippen LogP contribution in [0.25, 0.3) is 0 Å². The fourth-order valence-electron chi connectivity index (χ4n) is 1.86. The largest absolute Gasteiger partial charge is 0.395 e. The van der Waals surface area contributed by atoms with Gasteiger partial charge in [-0.3, -0.25) is 19.8 Å². The van der Waals surface area contributed by atoms with E-state index in [2.05, 4.69) is 6.92 Å². The summed E-state index contributed by atoms with van der Waals surface area (Å²) in [5.41, 5.74) is 0.426. The fourth-order valence-corrected chi connectivity index (χ4v) is 1.86. The number of aliphatic hydroxyl groups excluding tert-OH is 1. The maximum Gasteiger partial charge on any atom is 0.269 e. The lowest BCUT2D eigenvalue weighted by atomic mass is 10.1. The van der Waals surface area contributed by atoms with Gasteiger partial charge in [0.05, 0.1) is 18.1 Å². The van der Waals surface area contributed by atoms with Crippen LogP contribution >= 0.6 is 0 Å². The van der Waals surface area contributed by atoms with Gasteiger partial charge in [-0.05, 0) is 25.1 Å². The standard InChI is InChI=1S/C14H20N2O4/c1-2-3-8-15(9-10-17)11-14(18)12-4-6-13(7-5-12)16(19)20/h4-7,17H,2-3,8-11H2,1H3. The first kappa shape index (κ1) is 16.3. The number of nitro benzene ring substituents is 1. The molecule has 0 heterocycles. The van der Waals surface area contributed by atoms with E-state index in [9.17, 15) is 14.9 Å². The molecule has 20 heavy (non-hydrogen) atoms. The number of carbonyl (C=O) groups is 1. The summed E-state index contributed by atoms with van der Waals surface area (Å²) >= 11 is 0. The van der Waals surface area contributed by atoms with Gasteiger partial charge in [-0.2, -0.15) is 0 Å². The molecule has 0 radical (unpaired) electrons. The van der Waals surface area contributed by atoms with Crippen molar-refractivity contribution in [3.8, 4) is 0 Å². The molecule has 0 bridgehead atoms. The third-order valence-corrected chi connectivity index (χ3v) is 3.01. The molecule has 1 aromatic rings. The Balaban J connectivity index is 2.65. The number of benzene rings is 1. The van der Waals surface area contributed by atoms with Gasteiger partial charge in [-0.25, -0.2) is 0 Å². The molecule has 6 nitrogen and oxygen atoms in total. The summed E-state index contributed by atoms with van der Waals surface area (Å²) in [6.07, 6.45) is 1.99. The summed E-state index contributed by atoms with van der Waals surface area (Å²) in [4.78, 5) is 24.0. The second-order valence-corrected chi connectivity index (χ2v) is 4.58. The summed E-state index contributed by atoms with van der Waals surface area (Å²) in [5, 5.41) is 19.5. The molecule has 0 atom stereocenters. The molecule has 110 valence electrons. The Hall–Kier alpha value is -1.79. The highest BCUT2D eigenvalue weighted by Gasteiger charge is 2.13. The molecule has 6 heteroatoms. The third-order valence-electron chi connectivity index (χ3n) is 3.01. The van der Waals surface area contributed by atoms with Crippen LogP contribution in [-0.4, -0.2) is 47.0 Å². The van der Waals surface area contributed by atoms with Gasteiger partial charge in [0.25, 0.3) is 5.69 Å². The lowest BCUT2D eigenvalue weighted by molar-refractivity contribution is -0.384. The number of carbonyl (C=O) groups excluding carboxylic acids is 1. The number of nitro groups is 1. The Kier molecular flexibility index (Phi) is 6.83. The van der Waals surface area contributed by atoms with E-state index in [0.29, 0.717) is 12.1 Å². The molecule has 1 aromatic carbocycles. The van der Waals surface area contributed by atoms with E-state index >= 15 is 0 Å². The highest BCUT2D eigenvalue weighted by molar-refractivity contribution is 5.97. The van der Waals surface area contributed by atoms with Gasteiger partial charge in [0.2, 0.25) is 0 Å². The smallest absolute Gasteiger partial charge is 0.269 e. The lowest BCUT2D eigenvalue weighted by Crippen LogP contribution is -2.33. The third kappa shape index (κ3) is 5.07. The first-order chi connectivity index (χ1) is 9.58. The predicted molar refractivity (Wildman–Crippen MR) is 75.9 cm³/mol. The number of aliphatic hydroxyl groups is 1. The number of Topliss-reactive ketones (excluding diaryl/α,β-unsaturated/α-hetero) is 1. The molecular weight excluding hydrogens is 260 g/mol. The van der Waals surface area contributed by atoms with Crippen molar-refractivity contribution in [1.82, 2.24) is 4.90 Å². The number of hydrogen-bond donors (Lipinski definition) is 1. The zero-order chi connectivity index (χ0) is 15.0. The Morgan fingerprint density at radius 2 is 1.95 bits per heavy atom. The van der Waals surface area contributed by atoms with Crippen molar-refractivity contribution < 1.29 is 14.8 Å². The zero-order valence-corrected chi connectivity index (χ0v) is 11.6. The van der Waals surface area contributed by atoms with Crippen molar-refractivity contribution in [1.29, 1.82) is 0 Å². The molecule has 0 aliphatic rings. The van der Waals surface area contributed by atoms with E-state index in [1.807, 2.05) is 4.90 Å². The van der Waals surface area contributed by atoms with Crippen molar-refractivity contribution in [2.24, 2.45) is 0 Å². The summed E-state index contributed by atoms with van der Waals surface area (Å²) < 4.78 is 0. The van der Waals surface area contributed by atoms with Crippen LogP contribution in [0, 0.1) is 10.1 Å². The molecule has 0 saturated heterocycles. The van der Waals surface area contributed by atoms with Gasteiger partial charge in [0, 0.05) is 24.2 Å². The van der Waals surface area contributed by atoms with Crippen LogP contribution < -0.4 is 0 Å². The molecule has 0 saturated carbocycles. The number of nitrogens with zero attached hydrogens (tertiary/aromatic N) is 2. The quantitative estimate of drug-likeness (QED) is 0.424. The Morgan fingerprint density at radius 1 is 1.30 bits per heavy atom. The van der Waals surface area contributed by atoms with E-state index < -0.39 is 4.92 Å². The molecule has 1 N–H and O–H groups in total. The molecule has 0 unspecified atom stereocenters. The molecule has 0 fully saturated rings. The molecule has 0 spiro atoms. The Labute approximate surface area is 118 Å². The molecule has 1 rings (SSSR count). The summed E-state index contributed by atoms with van der Waals surface area (Å²) in [6.45, 7) is 3.51. The maximum atomic E-state index is 12.1. The van der Waals surface area contributed by atoms with Gasteiger partial charge < -0.3 is 5.11 Å². The number of non-ortho nitro benzene ring substituents is 1. The van der Waals surface area contributed by atoms with Gasteiger partial charge in [-0.1, -0.05) is 13.3 Å². The minimum Gasteiger partial charge on any atom is -0.395 e. The summed E-state index contributed by atoms with van der Waals surface area (Å²) in [7, 11) is 0. The fraction of sp³-hybridized carbons (Fsp3) is 0.500. The van der Waals surface area contributed by atoms with E-state index in [1.165, 1.54) is 24.3 Å². The van der Waals surface area contributed by atoms with Crippen LogP contribution in [-0.2, 0) is 0 Å². The molecule has 0 aromatic heterocycles. The van der Waals surface area contributed by atoms with Crippen LogP contribution in [0.4, 0.5) is 5.69 Å². The van der Waals surface area contributed by atoms with Crippen LogP contribution in [0.5, 0.6) is 0 Å². The van der Waals surface area contributed by atoms with Crippen LogP contribution in [0.1, 0.15) is 30.1 Å². The van der Waals surface area contributed by atoms with E-state index in [4.69, 9.17) is 5.11 Å². The molecule has 0 amide bonds. The summed E-state index contributed by atoms with van der Waals surface area (Å²) in [6, 6.07) is 5.60. The number of unbranched alkanes of at least 4 members (excludes halogenated alkanes) is 1. The van der Waals surface area contributed by atoms with Gasteiger partial charge >= 0.3 is 0 Å². The van der Waals surface area contributed by atoms with Gasteiger partial charge in [0.15, 0.2) is 5.78 Å².